The van der Waals surface area contributed by atoms with E-state index in [2.05, 4.69) is 15.7 Å². The van der Waals surface area contributed by atoms with Gasteiger partial charge in [-0.25, -0.2) is 4.68 Å². The van der Waals surface area contributed by atoms with Crippen molar-refractivity contribution in [3.8, 4) is 0 Å². The Labute approximate surface area is 174 Å². The topological polar surface area (TPSA) is 119 Å². The maximum atomic E-state index is 12.7. The van der Waals surface area contributed by atoms with Crippen LogP contribution in [0.3, 0.4) is 0 Å². The molecule has 158 valence electrons. The van der Waals surface area contributed by atoms with Gasteiger partial charge in [0.25, 0.3) is 11.6 Å². The summed E-state index contributed by atoms with van der Waals surface area (Å²) in [4.78, 5) is 35.5. The zero-order valence-electron chi connectivity index (χ0n) is 17.0. The number of carbonyl (C=O) groups excluding carboxylic acids is 2. The summed E-state index contributed by atoms with van der Waals surface area (Å²) in [5.41, 5.74) is 0.790. The number of carbonyl (C=O) groups is 2. The first kappa shape index (κ1) is 20.1. The Balaban J connectivity index is 1.42. The van der Waals surface area contributed by atoms with Crippen LogP contribution in [0.2, 0.25) is 0 Å². The molecule has 0 unspecified atom stereocenters. The third kappa shape index (κ3) is 3.92. The molecule has 1 heterocycles. The minimum atomic E-state index is -0.819. The predicted octanol–water partition coefficient (Wildman–Crippen LogP) is 3.22. The summed E-state index contributed by atoms with van der Waals surface area (Å²) in [5, 5.41) is 21.0. The molecule has 2 saturated carbocycles. The van der Waals surface area contributed by atoms with E-state index in [1.54, 1.807) is 6.92 Å². The average molecular weight is 411 g/mol. The molecule has 0 radical (unpaired) electrons. The fourth-order valence-corrected chi connectivity index (χ4v) is 4.71. The van der Waals surface area contributed by atoms with Gasteiger partial charge in [-0.2, -0.15) is 5.10 Å². The number of hydrogen-bond donors (Lipinski definition) is 2. The van der Waals surface area contributed by atoms with Gasteiger partial charge in [0.1, 0.15) is 11.9 Å². The SMILES string of the molecule is Cc1cc(NC(=O)[C@@H](C)NC(=O)c2cccc([N+](=O)[O-])c2)n([C@H]2C[C@H]3CC[C@H]2C3)n1. The molecular weight excluding hydrogens is 386 g/mol. The van der Waals surface area contributed by atoms with Gasteiger partial charge in [-0.15, -0.1) is 0 Å². The van der Waals surface area contributed by atoms with E-state index in [1.807, 2.05) is 17.7 Å². The Morgan fingerprint density at radius 2 is 2.07 bits per heavy atom. The Morgan fingerprint density at radius 3 is 2.73 bits per heavy atom. The number of aromatic nitrogens is 2. The molecule has 1 aromatic heterocycles. The first-order valence-corrected chi connectivity index (χ1v) is 10.2. The fraction of sp³-hybridized carbons (Fsp3) is 0.476. The zero-order chi connectivity index (χ0) is 21.4. The molecule has 0 aliphatic heterocycles. The van der Waals surface area contributed by atoms with Crippen LogP contribution in [0.4, 0.5) is 11.5 Å². The lowest BCUT2D eigenvalue weighted by molar-refractivity contribution is -0.384. The van der Waals surface area contributed by atoms with Crippen LogP contribution in [0.5, 0.6) is 0 Å². The highest BCUT2D eigenvalue weighted by Crippen LogP contribution is 2.51. The monoisotopic (exact) mass is 411 g/mol. The third-order valence-corrected chi connectivity index (χ3v) is 6.18. The van der Waals surface area contributed by atoms with Crippen molar-refractivity contribution >= 4 is 23.3 Å². The molecule has 0 saturated heterocycles. The van der Waals surface area contributed by atoms with Crippen molar-refractivity contribution < 1.29 is 14.5 Å². The number of fused-ring (bicyclic) bond motifs is 2. The van der Waals surface area contributed by atoms with E-state index in [9.17, 15) is 19.7 Å². The van der Waals surface area contributed by atoms with Crippen LogP contribution < -0.4 is 10.6 Å². The smallest absolute Gasteiger partial charge is 0.270 e. The highest BCUT2D eigenvalue weighted by molar-refractivity contribution is 6.01. The van der Waals surface area contributed by atoms with E-state index in [0.717, 1.165) is 18.0 Å². The quantitative estimate of drug-likeness (QED) is 0.559. The van der Waals surface area contributed by atoms with E-state index < -0.39 is 16.9 Å². The summed E-state index contributed by atoms with van der Waals surface area (Å²) in [6.07, 6.45) is 4.81. The number of nitrogens with one attached hydrogen (secondary N) is 2. The zero-order valence-corrected chi connectivity index (χ0v) is 17.0. The van der Waals surface area contributed by atoms with Gasteiger partial charge in [0.05, 0.1) is 16.7 Å². The number of nitro groups is 1. The van der Waals surface area contributed by atoms with Crippen LogP contribution in [-0.4, -0.2) is 32.6 Å². The molecule has 4 atom stereocenters. The number of benzene rings is 1. The molecule has 2 fully saturated rings. The van der Waals surface area contributed by atoms with E-state index in [0.29, 0.717) is 17.8 Å². The van der Waals surface area contributed by atoms with Crippen molar-refractivity contribution in [1.82, 2.24) is 15.1 Å². The first-order chi connectivity index (χ1) is 14.3. The van der Waals surface area contributed by atoms with Crippen molar-refractivity contribution in [1.29, 1.82) is 0 Å². The Kier molecular flexibility index (Phi) is 5.27. The van der Waals surface area contributed by atoms with Crippen molar-refractivity contribution in [3.63, 3.8) is 0 Å². The lowest BCUT2D eigenvalue weighted by Gasteiger charge is -2.24. The minimum absolute atomic E-state index is 0.131. The van der Waals surface area contributed by atoms with E-state index in [1.165, 1.54) is 43.5 Å². The lowest BCUT2D eigenvalue weighted by Crippen LogP contribution is -2.42. The van der Waals surface area contributed by atoms with Crippen molar-refractivity contribution in [2.24, 2.45) is 11.8 Å². The van der Waals surface area contributed by atoms with Crippen LogP contribution in [0.1, 0.15) is 54.7 Å². The molecule has 2 aliphatic carbocycles. The Bertz CT molecular complexity index is 1000. The molecule has 2 amide bonds. The Morgan fingerprint density at radius 1 is 1.27 bits per heavy atom. The average Bonchev–Trinajstić information content (AvgIpc) is 3.43. The lowest BCUT2D eigenvalue weighted by atomic mass is 9.95. The van der Waals surface area contributed by atoms with Crippen LogP contribution >= 0.6 is 0 Å². The third-order valence-electron chi connectivity index (χ3n) is 6.18. The second kappa shape index (κ2) is 7.89. The summed E-state index contributed by atoms with van der Waals surface area (Å²) in [6.45, 7) is 3.47. The van der Waals surface area contributed by atoms with Crippen molar-refractivity contribution in [2.45, 2.75) is 51.6 Å². The molecule has 9 nitrogen and oxygen atoms in total. The van der Waals surface area contributed by atoms with Gasteiger partial charge in [-0.3, -0.25) is 19.7 Å². The summed E-state index contributed by atoms with van der Waals surface area (Å²) >= 11 is 0. The molecule has 1 aromatic carbocycles. The highest BCUT2D eigenvalue weighted by atomic mass is 16.6. The van der Waals surface area contributed by atoms with Crippen LogP contribution in [-0.2, 0) is 4.79 Å². The van der Waals surface area contributed by atoms with Gasteiger partial charge in [0, 0.05) is 23.8 Å². The van der Waals surface area contributed by atoms with Gasteiger partial charge in [0.2, 0.25) is 5.91 Å². The summed E-state index contributed by atoms with van der Waals surface area (Å²) in [6, 6.07) is 6.75. The number of non-ortho nitro benzene ring substituents is 1. The van der Waals surface area contributed by atoms with Crippen LogP contribution in [0.15, 0.2) is 30.3 Å². The molecular formula is C21H25N5O4. The van der Waals surface area contributed by atoms with E-state index in [-0.39, 0.29) is 17.2 Å². The summed E-state index contributed by atoms with van der Waals surface area (Å²) in [5.74, 6) is 1.10. The number of amides is 2. The van der Waals surface area contributed by atoms with Gasteiger partial charge in [-0.1, -0.05) is 12.5 Å². The molecule has 2 aliphatic rings. The standard InChI is InChI=1S/C21H25N5O4/c1-12-8-19(25(24-12)18-10-14-6-7-15(18)9-14)23-20(27)13(2)22-21(28)16-4-3-5-17(11-16)26(29)30/h3-5,8,11,13-15,18H,6-7,9-10H2,1-2H3,(H,22,28)(H,23,27)/t13-,14+,15+,18+/m1/s1. The minimum Gasteiger partial charge on any atom is -0.341 e. The van der Waals surface area contributed by atoms with Crippen LogP contribution in [0, 0.1) is 28.9 Å². The molecule has 0 spiro atoms. The number of nitro benzene ring substituents is 1. The number of nitrogens with zero attached hydrogens (tertiary/aromatic N) is 3. The number of rotatable bonds is 6. The Hall–Kier alpha value is -3.23. The second-order valence-corrected chi connectivity index (χ2v) is 8.35. The normalized spacial score (nSPS) is 23.2. The van der Waals surface area contributed by atoms with Gasteiger partial charge >= 0.3 is 0 Å². The fourth-order valence-electron chi connectivity index (χ4n) is 4.71. The highest BCUT2D eigenvalue weighted by Gasteiger charge is 2.41. The molecule has 4 rings (SSSR count). The number of aryl methyl sites for hydroxylation is 1. The van der Waals surface area contributed by atoms with E-state index in [4.69, 9.17) is 0 Å². The van der Waals surface area contributed by atoms with Gasteiger partial charge < -0.3 is 10.6 Å². The maximum absolute atomic E-state index is 12.7. The first-order valence-electron chi connectivity index (χ1n) is 10.2. The van der Waals surface area contributed by atoms with Gasteiger partial charge in [-0.05, 0) is 51.0 Å². The summed E-state index contributed by atoms with van der Waals surface area (Å²) < 4.78 is 1.94. The van der Waals surface area contributed by atoms with Crippen molar-refractivity contribution in [3.05, 3.63) is 51.7 Å². The second-order valence-electron chi connectivity index (χ2n) is 8.35. The molecule has 30 heavy (non-hydrogen) atoms. The molecule has 2 aromatic rings. The molecule has 9 heteroatoms. The predicted molar refractivity (Wildman–Crippen MR) is 110 cm³/mol. The van der Waals surface area contributed by atoms with Gasteiger partial charge in [0.15, 0.2) is 0 Å². The molecule has 2 bridgehead atoms. The molecule has 2 N–H and O–H groups in total. The van der Waals surface area contributed by atoms with Crippen molar-refractivity contribution in [2.75, 3.05) is 5.32 Å². The summed E-state index contributed by atoms with van der Waals surface area (Å²) in [7, 11) is 0. The maximum Gasteiger partial charge on any atom is 0.270 e. The van der Waals surface area contributed by atoms with Crippen LogP contribution in [0.25, 0.3) is 0 Å². The number of hydrogen-bond acceptors (Lipinski definition) is 5. The largest absolute Gasteiger partial charge is 0.341 e. The number of anilines is 1. The van der Waals surface area contributed by atoms with E-state index >= 15 is 0 Å².